The number of nitrogens with one attached hydrogen (secondary N) is 2. The predicted molar refractivity (Wildman–Crippen MR) is 139 cm³/mol. The smallest absolute Gasteiger partial charge is 0.408 e. The van der Waals surface area contributed by atoms with Crippen molar-refractivity contribution in [3.05, 3.63) is 48.0 Å². The summed E-state index contributed by atoms with van der Waals surface area (Å²) < 4.78 is 5.25. The Morgan fingerprint density at radius 3 is 2.28 bits per heavy atom. The number of nitrogens with zero attached hydrogens (tertiary/aromatic N) is 1. The summed E-state index contributed by atoms with van der Waals surface area (Å²) in [7, 11) is 0. The number of carbonyl (C=O) groups is 4. The van der Waals surface area contributed by atoms with Crippen molar-refractivity contribution >= 4 is 23.8 Å². The van der Waals surface area contributed by atoms with Crippen LogP contribution < -0.4 is 16.4 Å². The van der Waals surface area contributed by atoms with Crippen LogP contribution in [0.25, 0.3) is 0 Å². The predicted octanol–water partition coefficient (Wildman–Crippen LogP) is 2.80. The summed E-state index contributed by atoms with van der Waals surface area (Å²) in [5.74, 6) is 0.599. The second-order valence-corrected chi connectivity index (χ2v) is 9.52. The molecule has 1 aromatic rings. The Balaban J connectivity index is 3.47. The van der Waals surface area contributed by atoms with Crippen molar-refractivity contribution in [1.82, 2.24) is 15.5 Å². The maximum atomic E-state index is 13.7. The maximum Gasteiger partial charge on any atom is 0.408 e. The van der Waals surface area contributed by atoms with Gasteiger partial charge >= 0.3 is 6.09 Å². The summed E-state index contributed by atoms with van der Waals surface area (Å²) in [5.41, 5.74) is 5.64. The lowest BCUT2D eigenvalue weighted by Gasteiger charge is -2.34. The number of amides is 4. The van der Waals surface area contributed by atoms with Crippen LogP contribution in [0.3, 0.4) is 0 Å². The van der Waals surface area contributed by atoms with Gasteiger partial charge in [-0.15, -0.1) is 13.0 Å². The molecule has 3 unspecified atom stereocenters. The Kier molecular flexibility index (Phi) is 11.7. The number of nitrogens with two attached hydrogens (primary N) is 1. The minimum absolute atomic E-state index is 0.0404. The Labute approximate surface area is 213 Å². The van der Waals surface area contributed by atoms with Gasteiger partial charge in [0.15, 0.2) is 0 Å². The molecule has 0 radical (unpaired) electrons. The highest BCUT2D eigenvalue weighted by Gasteiger charge is 2.36. The zero-order chi connectivity index (χ0) is 27.5. The lowest BCUT2D eigenvalue weighted by Crippen LogP contribution is -2.54. The fraction of sp³-hybridized carbons (Fsp3) is 0.481. The zero-order valence-corrected chi connectivity index (χ0v) is 21.8. The molecular weight excluding hydrogens is 460 g/mol. The van der Waals surface area contributed by atoms with Gasteiger partial charge in [-0.2, -0.15) is 0 Å². The molecule has 1 aromatic carbocycles. The van der Waals surface area contributed by atoms with Crippen LogP contribution in [0.1, 0.15) is 71.0 Å². The van der Waals surface area contributed by atoms with E-state index in [1.54, 1.807) is 45.0 Å². The van der Waals surface area contributed by atoms with Crippen molar-refractivity contribution in [2.45, 2.75) is 77.6 Å². The normalized spacial score (nSPS) is 13.3. The Morgan fingerprint density at radius 2 is 1.81 bits per heavy atom. The standard InChI is InChI=1S/C27H38N4O5/c1-8-11-18(4)29-24(33)23(20-14-12-19(10-3)13-15-20)31(16-9-2)25(34)21(17-22(28)32)30-26(35)36-27(5,6)7/h3,9,12-15,18,21,23H,2,8,11,16-17H2,1,4-7H3,(H2,28,32)(H,29,33)(H,30,35). The van der Waals surface area contributed by atoms with Gasteiger partial charge in [0.05, 0.1) is 6.42 Å². The first kappa shape index (κ1) is 30.2. The first-order valence-corrected chi connectivity index (χ1v) is 11.9. The van der Waals surface area contributed by atoms with E-state index in [4.69, 9.17) is 16.9 Å². The highest BCUT2D eigenvalue weighted by atomic mass is 16.6. The molecule has 0 fully saturated rings. The zero-order valence-electron chi connectivity index (χ0n) is 21.8. The van der Waals surface area contributed by atoms with Crippen LogP contribution in [0.2, 0.25) is 0 Å². The van der Waals surface area contributed by atoms with Crippen molar-refractivity contribution in [2.75, 3.05) is 6.54 Å². The third kappa shape index (κ3) is 9.82. The summed E-state index contributed by atoms with van der Waals surface area (Å²) in [6, 6.07) is 4.08. The van der Waals surface area contributed by atoms with E-state index in [1.165, 1.54) is 11.0 Å². The number of carbonyl (C=O) groups excluding carboxylic acids is 4. The number of alkyl carbamates (subject to hydrolysis) is 1. The van der Waals surface area contributed by atoms with Crippen LogP contribution in [0.4, 0.5) is 4.79 Å². The number of hydrogen-bond donors (Lipinski definition) is 3. The van der Waals surface area contributed by atoms with E-state index in [9.17, 15) is 19.2 Å². The van der Waals surface area contributed by atoms with Gasteiger partial charge in [0.25, 0.3) is 0 Å². The summed E-state index contributed by atoms with van der Waals surface area (Å²) >= 11 is 0. The average Bonchev–Trinajstić information content (AvgIpc) is 2.76. The van der Waals surface area contributed by atoms with Gasteiger partial charge in [0.2, 0.25) is 17.7 Å². The monoisotopic (exact) mass is 498 g/mol. The van der Waals surface area contributed by atoms with Crippen LogP contribution in [0.15, 0.2) is 36.9 Å². The van der Waals surface area contributed by atoms with Gasteiger partial charge in [0.1, 0.15) is 17.7 Å². The van der Waals surface area contributed by atoms with Crippen LogP contribution in [0, 0.1) is 12.3 Å². The molecule has 9 nitrogen and oxygen atoms in total. The van der Waals surface area contributed by atoms with Gasteiger partial charge in [-0.05, 0) is 51.8 Å². The second-order valence-electron chi connectivity index (χ2n) is 9.52. The molecule has 3 atom stereocenters. The highest BCUT2D eigenvalue weighted by Crippen LogP contribution is 2.24. The van der Waals surface area contributed by atoms with Gasteiger partial charge in [-0.1, -0.05) is 37.5 Å². The molecule has 36 heavy (non-hydrogen) atoms. The van der Waals surface area contributed by atoms with E-state index in [-0.39, 0.29) is 12.6 Å². The molecule has 196 valence electrons. The Hall–Kier alpha value is -3.80. The summed E-state index contributed by atoms with van der Waals surface area (Å²) in [5, 5.41) is 5.36. The number of benzene rings is 1. The Bertz CT molecular complexity index is 975. The maximum absolute atomic E-state index is 13.7. The molecular formula is C27H38N4O5. The van der Waals surface area contributed by atoms with E-state index < -0.39 is 47.9 Å². The molecule has 4 N–H and O–H groups in total. The topological polar surface area (TPSA) is 131 Å². The van der Waals surface area contributed by atoms with Crippen molar-refractivity contribution in [2.24, 2.45) is 5.73 Å². The van der Waals surface area contributed by atoms with Crippen LogP contribution in [-0.2, 0) is 19.1 Å². The van der Waals surface area contributed by atoms with E-state index in [0.717, 1.165) is 12.8 Å². The molecule has 0 spiro atoms. The minimum Gasteiger partial charge on any atom is -0.444 e. The first-order chi connectivity index (χ1) is 16.8. The molecule has 1 rings (SSSR count). The third-order valence-corrected chi connectivity index (χ3v) is 5.07. The van der Waals surface area contributed by atoms with Crippen molar-refractivity contribution in [1.29, 1.82) is 0 Å². The van der Waals surface area contributed by atoms with E-state index in [1.807, 2.05) is 13.8 Å². The fourth-order valence-corrected chi connectivity index (χ4v) is 3.57. The quantitative estimate of drug-likeness (QED) is 0.301. The first-order valence-electron chi connectivity index (χ1n) is 11.9. The number of ether oxygens (including phenoxy) is 1. The lowest BCUT2D eigenvalue weighted by molar-refractivity contribution is -0.143. The van der Waals surface area contributed by atoms with Crippen molar-refractivity contribution < 1.29 is 23.9 Å². The lowest BCUT2D eigenvalue weighted by atomic mass is 10.00. The average molecular weight is 499 g/mol. The summed E-state index contributed by atoms with van der Waals surface area (Å²) in [4.78, 5) is 52.6. The molecule has 4 amide bonds. The van der Waals surface area contributed by atoms with Gasteiger partial charge < -0.3 is 26.0 Å². The third-order valence-electron chi connectivity index (χ3n) is 5.07. The molecule has 0 aliphatic heterocycles. The SMILES string of the molecule is C#Cc1ccc(C(C(=O)NC(C)CCC)N(CC=C)C(=O)C(CC(N)=O)NC(=O)OC(C)(C)C)cc1. The summed E-state index contributed by atoms with van der Waals surface area (Å²) in [6.45, 7) is 12.5. The molecule has 0 saturated carbocycles. The molecule has 0 heterocycles. The molecule has 0 aliphatic carbocycles. The van der Waals surface area contributed by atoms with Crippen molar-refractivity contribution in [3.63, 3.8) is 0 Å². The van der Waals surface area contributed by atoms with Gasteiger partial charge in [0, 0.05) is 18.2 Å². The minimum atomic E-state index is -1.36. The molecule has 0 saturated heterocycles. The summed E-state index contributed by atoms with van der Waals surface area (Å²) in [6.07, 6.45) is 7.15. The fourth-order valence-electron chi connectivity index (χ4n) is 3.57. The molecule has 0 bridgehead atoms. The second kappa shape index (κ2) is 13.9. The molecule has 0 aliphatic rings. The largest absolute Gasteiger partial charge is 0.444 e. The van der Waals surface area contributed by atoms with Gasteiger partial charge in [-0.3, -0.25) is 14.4 Å². The van der Waals surface area contributed by atoms with Crippen LogP contribution in [-0.4, -0.2) is 52.9 Å². The van der Waals surface area contributed by atoms with Crippen molar-refractivity contribution in [3.8, 4) is 12.3 Å². The van der Waals surface area contributed by atoms with E-state index in [2.05, 4.69) is 23.1 Å². The molecule has 0 aromatic heterocycles. The number of terminal acetylenes is 1. The highest BCUT2D eigenvalue weighted by molar-refractivity contribution is 5.94. The van der Waals surface area contributed by atoms with Crippen LogP contribution >= 0.6 is 0 Å². The molecule has 9 heteroatoms. The van der Waals surface area contributed by atoms with Gasteiger partial charge in [-0.25, -0.2) is 4.79 Å². The number of hydrogen-bond acceptors (Lipinski definition) is 5. The number of rotatable bonds is 12. The van der Waals surface area contributed by atoms with E-state index in [0.29, 0.717) is 11.1 Å². The van der Waals surface area contributed by atoms with Crippen LogP contribution in [0.5, 0.6) is 0 Å². The number of primary amides is 1. The van der Waals surface area contributed by atoms with E-state index >= 15 is 0 Å². The Morgan fingerprint density at radius 1 is 1.19 bits per heavy atom.